The van der Waals surface area contributed by atoms with Gasteiger partial charge >= 0.3 is 0 Å². The summed E-state index contributed by atoms with van der Waals surface area (Å²) < 4.78 is 0. The number of carbonyl (C=O) groups is 2. The van der Waals surface area contributed by atoms with Crippen LogP contribution in [0.4, 0.5) is 5.69 Å². The van der Waals surface area contributed by atoms with E-state index < -0.39 is 0 Å². The standard InChI is InChI=1S/C16H20N2O2/c17-13-9-5-8-12-14(13)16(20)18(15(12)19)10-11-6-3-1-2-4-7-11/h5,8-9,11H,1-4,6-7,10,17H2. The van der Waals surface area contributed by atoms with Crippen LogP contribution in [0, 0.1) is 5.92 Å². The molecular weight excluding hydrogens is 252 g/mol. The Labute approximate surface area is 118 Å². The Morgan fingerprint density at radius 2 is 1.75 bits per heavy atom. The Morgan fingerprint density at radius 3 is 2.40 bits per heavy atom. The number of anilines is 1. The summed E-state index contributed by atoms with van der Waals surface area (Å²) in [5.74, 6) is 0.0508. The molecule has 0 atom stereocenters. The summed E-state index contributed by atoms with van der Waals surface area (Å²) >= 11 is 0. The molecule has 0 saturated heterocycles. The van der Waals surface area contributed by atoms with E-state index in [1.54, 1.807) is 18.2 Å². The fourth-order valence-electron chi connectivity index (χ4n) is 3.33. The third kappa shape index (κ3) is 2.19. The highest BCUT2D eigenvalue weighted by Crippen LogP contribution is 2.30. The second-order valence-corrected chi connectivity index (χ2v) is 5.85. The van der Waals surface area contributed by atoms with Gasteiger partial charge in [-0.25, -0.2) is 0 Å². The third-order valence-electron chi connectivity index (χ3n) is 4.45. The number of carbonyl (C=O) groups excluding carboxylic acids is 2. The van der Waals surface area contributed by atoms with E-state index in [4.69, 9.17) is 5.73 Å². The monoisotopic (exact) mass is 272 g/mol. The zero-order valence-corrected chi connectivity index (χ0v) is 11.6. The molecule has 1 aliphatic heterocycles. The molecule has 0 unspecified atom stereocenters. The van der Waals surface area contributed by atoms with E-state index >= 15 is 0 Å². The van der Waals surface area contributed by atoms with Crippen LogP contribution in [0.2, 0.25) is 0 Å². The number of rotatable bonds is 2. The quantitative estimate of drug-likeness (QED) is 0.511. The van der Waals surface area contributed by atoms with Crippen LogP contribution in [0.5, 0.6) is 0 Å². The van der Waals surface area contributed by atoms with Crippen LogP contribution >= 0.6 is 0 Å². The molecule has 3 rings (SSSR count). The van der Waals surface area contributed by atoms with Crippen molar-refractivity contribution in [2.24, 2.45) is 5.92 Å². The molecular formula is C16H20N2O2. The minimum absolute atomic E-state index is 0.179. The van der Waals surface area contributed by atoms with Gasteiger partial charge in [0, 0.05) is 12.2 Å². The molecule has 4 heteroatoms. The second-order valence-electron chi connectivity index (χ2n) is 5.85. The van der Waals surface area contributed by atoms with Crippen molar-refractivity contribution >= 4 is 17.5 Å². The number of imide groups is 1. The summed E-state index contributed by atoms with van der Waals surface area (Å²) in [6, 6.07) is 5.10. The summed E-state index contributed by atoms with van der Waals surface area (Å²) in [6.07, 6.45) is 7.18. The van der Waals surface area contributed by atoms with Gasteiger partial charge in [-0.3, -0.25) is 14.5 Å². The lowest BCUT2D eigenvalue weighted by molar-refractivity contribution is 0.0624. The topological polar surface area (TPSA) is 63.4 Å². The Balaban J connectivity index is 1.81. The maximum absolute atomic E-state index is 12.4. The summed E-state index contributed by atoms with van der Waals surface area (Å²) in [5, 5.41) is 0. The first-order valence-corrected chi connectivity index (χ1v) is 7.43. The number of hydrogen-bond donors (Lipinski definition) is 1. The van der Waals surface area contributed by atoms with Crippen LogP contribution in [-0.2, 0) is 0 Å². The summed E-state index contributed by atoms with van der Waals surface area (Å²) in [5.41, 5.74) is 7.11. The van der Waals surface area contributed by atoms with Crippen molar-refractivity contribution in [2.45, 2.75) is 38.5 Å². The van der Waals surface area contributed by atoms with E-state index in [9.17, 15) is 9.59 Å². The van der Waals surface area contributed by atoms with Crippen LogP contribution in [-0.4, -0.2) is 23.3 Å². The molecule has 0 radical (unpaired) electrons. The van der Waals surface area contributed by atoms with Crippen molar-refractivity contribution in [1.82, 2.24) is 4.90 Å². The van der Waals surface area contributed by atoms with E-state index in [2.05, 4.69) is 0 Å². The van der Waals surface area contributed by atoms with E-state index in [-0.39, 0.29) is 11.8 Å². The van der Waals surface area contributed by atoms with Crippen molar-refractivity contribution in [3.63, 3.8) is 0 Å². The highest BCUT2D eigenvalue weighted by molar-refractivity contribution is 6.23. The van der Waals surface area contributed by atoms with Crippen LogP contribution in [0.3, 0.4) is 0 Å². The van der Waals surface area contributed by atoms with Gasteiger partial charge in [-0.2, -0.15) is 0 Å². The fourth-order valence-corrected chi connectivity index (χ4v) is 3.33. The molecule has 1 aliphatic carbocycles. The van der Waals surface area contributed by atoms with Gasteiger partial charge in [-0.05, 0) is 30.9 Å². The number of amides is 2. The van der Waals surface area contributed by atoms with Gasteiger partial charge in [0.15, 0.2) is 0 Å². The Morgan fingerprint density at radius 1 is 1.05 bits per heavy atom. The van der Waals surface area contributed by atoms with Crippen molar-refractivity contribution < 1.29 is 9.59 Å². The van der Waals surface area contributed by atoms with Gasteiger partial charge in [0.05, 0.1) is 11.1 Å². The number of benzene rings is 1. The van der Waals surface area contributed by atoms with E-state index in [0.717, 1.165) is 12.8 Å². The second kappa shape index (κ2) is 5.27. The van der Waals surface area contributed by atoms with Crippen LogP contribution < -0.4 is 5.73 Å². The Hall–Kier alpha value is -1.84. The molecule has 106 valence electrons. The largest absolute Gasteiger partial charge is 0.398 e. The summed E-state index contributed by atoms with van der Waals surface area (Å²) in [7, 11) is 0. The lowest BCUT2D eigenvalue weighted by Crippen LogP contribution is -2.34. The molecule has 1 saturated carbocycles. The minimum atomic E-state index is -0.215. The highest BCUT2D eigenvalue weighted by atomic mass is 16.2. The predicted molar refractivity (Wildman–Crippen MR) is 77.4 cm³/mol. The van der Waals surface area contributed by atoms with Crippen LogP contribution in [0.1, 0.15) is 59.2 Å². The zero-order chi connectivity index (χ0) is 14.1. The molecule has 1 heterocycles. The number of hydrogen-bond acceptors (Lipinski definition) is 3. The van der Waals surface area contributed by atoms with E-state index in [0.29, 0.717) is 29.3 Å². The molecule has 0 aromatic heterocycles. The number of nitrogen functional groups attached to an aromatic ring is 1. The molecule has 2 N–H and O–H groups in total. The molecule has 2 aliphatic rings. The fraction of sp³-hybridized carbons (Fsp3) is 0.500. The molecule has 1 aromatic rings. The smallest absolute Gasteiger partial charge is 0.263 e. The molecule has 0 bridgehead atoms. The van der Waals surface area contributed by atoms with Gasteiger partial charge in [0.2, 0.25) is 0 Å². The molecule has 1 fully saturated rings. The molecule has 20 heavy (non-hydrogen) atoms. The highest BCUT2D eigenvalue weighted by Gasteiger charge is 2.37. The predicted octanol–water partition coefficient (Wildman–Crippen LogP) is 2.84. The van der Waals surface area contributed by atoms with Gasteiger partial charge in [-0.1, -0.05) is 31.7 Å². The maximum Gasteiger partial charge on any atom is 0.263 e. The van der Waals surface area contributed by atoms with Crippen LogP contribution in [0.25, 0.3) is 0 Å². The lowest BCUT2D eigenvalue weighted by Gasteiger charge is -2.21. The minimum Gasteiger partial charge on any atom is -0.398 e. The van der Waals surface area contributed by atoms with Crippen molar-refractivity contribution in [1.29, 1.82) is 0 Å². The number of fused-ring (bicyclic) bond motifs is 1. The average molecular weight is 272 g/mol. The molecule has 2 amide bonds. The first kappa shape index (κ1) is 13.2. The van der Waals surface area contributed by atoms with Gasteiger partial charge in [-0.15, -0.1) is 0 Å². The lowest BCUT2D eigenvalue weighted by atomic mass is 10.00. The van der Waals surface area contributed by atoms with E-state index in [1.165, 1.54) is 30.6 Å². The SMILES string of the molecule is Nc1cccc2c1C(=O)N(CC1CCCCCC1)C2=O. The van der Waals surface area contributed by atoms with Gasteiger partial charge < -0.3 is 5.73 Å². The summed E-state index contributed by atoms with van der Waals surface area (Å²) in [4.78, 5) is 26.2. The molecule has 4 nitrogen and oxygen atoms in total. The maximum atomic E-state index is 12.4. The molecule has 1 aromatic carbocycles. The van der Waals surface area contributed by atoms with Crippen LogP contribution in [0.15, 0.2) is 18.2 Å². The van der Waals surface area contributed by atoms with Gasteiger partial charge in [0.25, 0.3) is 11.8 Å². The van der Waals surface area contributed by atoms with Crippen molar-refractivity contribution in [3.05, 3.63) is 29.3 Å². The first-order chi connectivity index (χ1) is 9.68. The average Bonchev–Trinajstić information content (AvgIpc) is 2.64. The van der Waals surface area contributed by atoms with E-state index in [1.807, 2.05) is 0 Å². The summed E-state index contributed by atoms with van der Waals surface area (Å²) in [6.45, 7) is 0.547. The third-order valence-corrected chi connectivity index (χ3v) is 4.45. The Kier molecular flexibility index (Phi) is 3.47. The number of nitrogens with two attached hydrogens (primary N) is 1. The zero-order valence-electron chi connectivity index (χ0n) is 11.6. The normalized spacial score (nSPS) is 20.1. The molecule has 0 spiro atoms. The first-order valence-electron chi connectivity index (χ1n) is 7.43. The van der Waals surface area contributed by atoms with Gasteiger partial charge in [0.1, 0.15) is 0 Å². The van der Waals surface area contributed by atoms with Crippen molar-refractivity contribution in [2.75, 3.05) is 12.3 Å². The van der Waals surface area contributed by atoms with Crippen molar-refractivity contribution in [3.8, 4) is 0 Å². The number of nitrogens with zero attached hydrogens (tertiary/aromatic N) is 1. The Bertz CT molecular complexity index is 545.